The number of aromatic nitrogens is 2. The molecule has 0 amide bonds. The number of furan rings is 1. The molecule has 2 rings (SSSR count). The van der Waals surface area contributed by atoms with Gasteiger partial charge in [-0.2, -0.15) is 0 Å². The first-order valence-electron chi connectivity index (χ1n) is 5.88. The molecule has 0 atom stereocenters. The van der Waals surface area contributed by atoms with Crippen LogP contribution < -0.4 is 5.32 Å². The highest BCUT2D eigenvalue weighted by atomic mass is 16.4. The van der Waals surface area contributed by atoms with Gasteiger partial charge in [0, 0.05) is 6.54 Å². The van der Waals surface area contributed by atoms with E-state index < -0.39 is 5.97 Å². The van der Waals surface area contributed by atoms with E-state index >= 15 is 0 Å². The zero-order valence-corrected chi connectivity index (χ0v) is 10.8. The molecule has 0 fully saturated rings. The Morgan fingerprint density at radius 1 is 1.37 bits per heavy atom. The van der Waals surface area contributed by atoms with E-state index in [2.05, 4.69) is 15.5 Å². The lowest BCUT2D eigenvalue weighted by atomic mass is 10.2. The normalized spacial score (nSPS) is 10.8. The lowest BCUT2D eigenvalue weighted by molar-refractivity contribution is -0.136. The molecule has 102 valence electrons. The molecule has 0 aliphatic carbocycles. The molecule has 0 bridgehead atoms. The Bertz CT molecular complexity index is 573. The number of hydrogen-bond acceptors (Lipinski definition) is 6. The molecule has 0 aromatic carbocycles. The van der Waals surface area contributed by atoms with Gasteiger partial charge >= 0.3 is 5.97 Å². The van der Waals surface area contributed by atoms with Gasteiger partial charge in [-0.1, -0.05) is 0 Å². The number of nitrogens with one attached hydrogen (secondary N) is 1. The van der Waals surface area contributed by atoms with Gasteiger partial charge in [-0.25, -0.2) is 0 Å². The number of hydrogen-bond donors (Lipinski definition) is 2. The molecule has 0 aliphatic rings. The highest BCUT2D eigenvalue weighted by Gasteiger charge is 2.14. The number of carbonyl (C=O) groups is 1. The van der Waals surface area contributed by atoms with Crippen LogP contribution in [0.4, 0.5) is 0 Å². The minimum Gasteiger partial charge on any atom is -0.481 e. The Kier molecular flexibility index (Phi) is 3.96. The van der Waals surface area contributed by atoms with Crippen molar-refractivity contribution >= 4 is 5.97 Å². The largest absolute Gasteiger partial charge is 0.481 e. The summed E-state index contributed by atoms with van der Waals surface area (Å²) in [6.07, 6.45) is 0.0566. The smallest absolute Gasteiger partial charge is 0.304 e. The van der Waals surface area contributed by atoms with E-state index in [4.69, 9.17) is 13.9 Å². The summed E-state index contributed by atoms with van der Waals surface area (Å²) in [5, 5.41) is 19.2. The fourth-order valence-corrected chi connectivity index (χ4v) is 1.67. The Balaban J connectivity index is 1.95. The van der Waals surface area contributed by atoms with Gasteiger partial charge in [0.2, 0.25) is 5.89 Å². The van der Waals surface area contributed by atoms with Gasteiger partial charge < -0.3 is 19.3 Å². The fraction of sp³-hybridized carbons (Fsp3) is 0.417. The van der Waals surface area contributed by atoms with Crippen LogP contribution in [0.25, 0.3) is 11.5 Å². The first kappa shape index (κ1) is 13.3. The van der Waals surface area contributed by atoms with E-state index in [1.807, 2.05) is 19.9 Å². The third-order valence-electron chi connectivity index (χ3n) is 2.53. The van der Waals surface area contributed by atoms with Gasteiger partial charge in [0.05, 0.1) is 18.5 Å². The second kappa shape index (κ2) is 5.66. The van der Waals surface area contributed by atoms with E-state index in [9.17, 15) is 4.79 Å². The highest BCUT2D eigenvalue weighted by molar-refractivity contribution is 5.66. The summed E-state index contributed by atoms with van der Waals surface area (Å²) < 4.78 is 10.9. The van der Waals surface area contributed by atoms with E-state index in [1.165, 1.54) is 0 Å². The third kappa shape index (κ3) is 3.41. The summed E-state index contributed by atoms with van der Waals surface area (Å²) in [6, 6.07) is 1.84. The van der Waals surface area contributed by atoms with Gasteiger partial charge in [-0.15, -0.1) is 10.2 Å². The average Bonchev–Trinajstić information content (AvgIpc) is 2.91. The van der Waals surface area contributed by atoms with Crippen molar-refractivity contribution in [2.75, 3.05) is 6.54 Å². The van der Waals surface area contributed by atoms with Crippen LogP contribution >= 0.6 is 0 Å². The second-order valence-electron chi connectivity index (χ2n) is 4.15. The minimum atomic E-state index is -0.844. The molecule has 0 aliphatic heterocycles. The molecule has 2 heterocycles. The number of carboxylic acids is 1. The molecule has 0 saturated heterocycles. The van der Waals surface area contributed by atoms with Crippen LogP contribution in [-0.4, -0.2) is 27.8 Å². The summed E-state index contributed by atoms with van der Waals surface area (Å²) in [4.78, 5) is 10.3. The monoisotopic (exact) mass is 265 g/mol. The van der Waals surface area contributed by atoms with Gasteiger partial charge in [0.15, 0.2) is 0 Å². The number of rotatable bonds is 6. The summed E-state index contributed by atoms with van der Waals surface area (Å²) in [5.74, 6) is 1.49. The van der Waals surface area contributed by atoms with Crippen molar-refractivity contribution in [3.63, 3.8) is 0 Å². The fourth-order valence-electron chi connectivity index (χ4n) is 1.67. The first-order valence-corrected chi connectivity index (χ1v) is 5.88. The van der Waals surface area contributed by atoms with Gasteiger partial charge in [-0.3, -0.25) is 4.79 Å². The predicted octanol–water partition coefficient (Wildman–Crippen LogP) is 1.51. The summed E-state index contributed by atoms with van der Waals surface area (Å²) in [6.45, 7) is 4.38. The maximum Gasteiger partial charge on any atom is 0.304 e. The Morgan fingerprint density at radius 2 is 2.16 bits per heavy atom. The van der Waals surface area contributed by atoms with Crippen LogP contribution in [0, 0.1) is 13.8 Å². The molecule has 0 spiro atoms. The minimum absolute atomic E-state index is 0.0566. The zero-order chi connectivity index (χ0) is 13.8. The second-order valence-corrected chi connectivity index (χ2v) is 4.15. The molecule has 2 N–H and O–H groups in total. The Morgan fingerprint density at radius 3 is 2.79 bits per heavy atom. The van der Waals surface area contributed by atoms with Crippen molar-refractivity contribution in [2.24, 2.45) is 0 Å². The first-order chi connectivity index (χ1) is 9.06. The molecule has 2 aromatic rings. The average molecular weight is 265 g/mol. The molecule has 0 saturated carbocycles. The lowest BCUT2D eigenvalue weighted by Crippen LogP contribution is -2.17. The van der Waals surface area contributed by atoms with Crippen LogP contribution in [0.2, 0.25) is 0 Å². The standard InChI is InChI=1S/C12H15N3O4/c1-7-5-9(8(2)18-7)12-15-14-10(19-12)6-13-4-3-11(16)17/h5,13H,3-4,6H2,1-2H3,(H,16,17). The third-order valence-corrected chi connectivity index (χ3v) is 2.53. The molecule has 7 heteroatoms. The van der Waals surface area contributed by atoms with E-state index in [1.54, 1.807) is 0 Å². The van der Waals surface area contributed by atoms with Crippen molar-refractivity contribution < 1.29 is 18.7 Å². The predicted molar refractivity (Wildman–Crippen MR) is 65.4 cm³/mol. The number of aryl methyl sites for hydroxylation is 2. The van der Waals surface area contributed by atoms with Gasteiger partial charge in [0.1, 0.15) is 11.5 Å². The molecule has 0 unspecified atom stereocenters. The zero-order valence-electron chi connectivity index (χ0n) is 10.8. The van der Waals surface area contributed by atoms with E-state index in [0.717, 1.165) is 17.1 Å². The molecule has 19 heavy (non-hydrogen) atoms. The Hall–Kier alpha value is -2.15. The number of carboxylic acid groups (broad SMARTS) is 1. The van der Waals surface area contributed by atoms with Crippen LogP contribution in [0.15, 0.2) is 14.9 Å². The number of nitrogens with zero attached hydrogens (tertiary/aromatic N) is 2. The van der Waals surface area contributed by atoms with E-state index in [-0.39, 0.29) is 6.42 Å². The quantitative estimate of drug-likeness (QED) is 0.763. The SMILES string of the molecule is Cc1cc(-c2nnc(CNCCC(=O)O)o2)c(C)o1. The maximum atomic E-state index is 10.3. The van der Waals surface area contributed by atoms with Crippen LogP contribution in [0.1, 0.15) is 23.8 Å². The molecule has 2 aromatic heterocycles. The van der Waals surface area contributed by atoms with E-state index in [0.29, 0.717) is 24.9 Å². The molecular formula is C12H15N3O4. The molecule has 7 nitrogen and oxygen atoms in total. The lowest BCUT2D eigenvalue weighted by Gasteiger charge is -1.97. The molecule has 0 radical (unpaired) electrons. The van der Waals surface area contributed by atoms with Gasteiger partial charge in [0.25, 0.3) is 5.89 Å². The topological polar surface area (TPSA) is 101 Å². The van der Waals surface area contributed by atoms with Crippen LogP contribution in [-0.2, 0) is 11.3 Å². The van der Waals surface area contributed by atoms with Crippen molar-refractivity contribution in [3.05, 3.63) is 23.5 Å². The summed E-state index contributed by atoms with van der Waals surface area (Å²) in [7, 11) is 0. The van der Waals surface area contributed by atoms with Crippen molar-refractivity contribution in [1.82, 2.24) is 15.5 Å². The van der Waals surface area contributed by atoms with Crippen molar-refractivity contribution in [3.8, 4) is 11.5 Å². The Labute approximate surface area is 109 Å². The maximum absolute atomic E-state index is 10.3. The van der Waals surface area contributed by atoms with Gasteiger partial charge in [-0.05, 0) is 19.9 Å². The van der Waals surface area contributed by atoms with Crippen LogP contribution in [0.5, 0.6) is 0 Å². The van der Waals surface area contributed by atoms with Crippen molar-refractivity contribution in [1.29, 1.82) is 0 Å². The summed E-state index contributed by atoms with van der Waals surface area (Å²) in [5.41, 5.74) is 0.779. The van der Waals surface area contributed by atoms with Crippen LogP contribution in [0.3, 0.4) is 0 Å². The highest BCUT2D eigenvalue weighted by Crippen LogP contribution is 2.25. The summed E-state index contributed by atoms with van der Waals surface area (Å²) >= 11 is 0. The molecular weight excluding hydrogens is 250 g/mol. The van der Waals surface area contributed by atoms with Crippen molar-refractivity contribution in [2.45, 2.75) is 26.8 Å². The number of aliphatic carboxylic acids is 1.